The maximum Gasteiger partial charge on any atom is 0.244 e. The van der Waals surface area contributed by atoms with Gasteiger partial charge in [0, 0.05) is 35.0 Å². The fourth-order valence-corrected chi connectivity index (χ4v) is 5.23. The molecule has 4 aromatic rings. The normalized spacial score (nSPS) is 18.7. The molecule has 3 N–H and O–H groups in total. The molecular formula is C24H28FN7O3. The van der Waals surface area contributed by atoms with Crippen molar-refractivity contribution in [3.05, 3.63) is 42.2 Å². The lowest BCUT2D eigenvalue weighted by atomic mass is 9.71. The highest BCUT2D eigenvalue weighted by atomic mass is 19.1. The lowest BCUT2D eigenvalue weighted by Crippen LogP contribution is -2.47. The van der Waals surface area contributed by atoms with Gasteiger partial charge in [-0.25, -0.2) is 13.9 Å². The number of aliphatic hydroxyl groups is 1. The Bertz CT molecular complexity index is 1390. The minimum absolute atomic E-state index is 0.138. The van der Waals surface area contributed by atoms with E-state index in [0.29, 0.717) is 45.6 Å². The van der Waals surface area contributed by atoms with Gasteiger partial charge in [0.05, 0.1) is 32.2 Å². The van der Waals surface area contributed by atoms with Gasteiger partial charge in [-0.1, -0.05) is 0 Å². The van der Waals surface area contributed by atoms with E-state index in [-0.39, 0.29) is 5.65 Å². The summed E-state index contributed by atoms with van der Waals surface area (Å²) in [4.78, 5) is 8.73. The second-order valence-electron chi connectivity index (χ2n) is 9.52. The number of nitrogens with zero attached hydrogens (tertiary/aromatic N) is 5. The molecule has 2 fully saturated rings. The number of fused-ring (bicyclic) bond motifs is 2. The predicted octanol–water partition coefficient (Wildman–Crippen LogP) is 2.77. The molecule has 2 aliphatic rings. The second kappa shape index (κ2) is 8.43. The zero-order valence-electron chi connectivity index (χ0n) is 19.7. The summed E-state index contributed by atoms with van der Waals surface area (Å²) < 4.78 is 29.2. The Morgan fingerprint density at radius 3 is 2.80 bits per heavy atom. The number of methoxy groups -OCH3 is 1. The molecular weight excluding hydrogens is 453 g/mol. The number of rotatable bonds is 6. The third-order valence-electron chi connectivity index (χ3n) is 7.32. The maximum absolute atomic E-state index is 14.9. The first-order valence-electron chi connectivity index (χ1n) is 11.8. The van der Waals surface area contributed by atoms with Gasteiger partial charge in [-0.3, -0.25) is 9.72 Å². The van der Waals surface area contributed by atoms with Crippen molar-refractivity contribution in [2.75, 3.05) is 32.7 Å². The predicted molar refractivity (Wildman–Crippen MR) is 127 cm³/mol. The van der Waals surface area contributed by atoms with Crippen LogP contribution in [0.4, 0.5) is 10.3 Å². The van der Waals surface area contributed by atoms with Crippen LogP contribution >= 0.6 is 0 Å². The molecule has 0 radical (unpaired) electrons. The van der Waals surface area contributed by atoms with Crippen LogP contribution in [0, 0.1) is 11.2 Å². The molecule has 0 aromatic carbocycles. The Hall–Kier alpha value is -3.28. The number of imidazole rings is 1. The van der Waals surface area contributed by atoms with Crippen molar-refractivity contribution >= 4 is 17.1 Å². The van der Waals surface area contributed by atoms with Gasteiger partial charge >= 0.3 is 0 Å². The van der Waals surface area contributed by atoms with Gasteiger partial charge in [-0.2, -0.15) is 4.98 Å². The van der Waals surface area contributed by atoms with Gasteiger partial charge in [-0.15, -0.1) is 5.10 Å². The van der Waals surface area contributed by atoms with Crippen molar-refractivity contribution in [1.82, 2.24) is 29.3 Å². The molecule has 1 spiro atoms. The summed E-state index contributed by atoms with van der Waals surface area (Å²) in [6.45, 7) is 1.76. The van der Waals surface area contributed by atoms with E-state index in [1.54, 1.807) is 35.5 Å². The number of ether oxygens (including phenoxy) is 2. The van der Waals surface area contributed by atoms with Crippen LogP contribution in [0.1, 0.15) is 37.6 Å². The molecule has 1 unspecified atom stereocenters. The van der Waals surface area contributed by atoms with Crippen LogP contribution < -0.4 is 15.4 Å². The molecule has 35 heavy (non-hydrogen) atoms. The first-order valence-corrected chi connectivity index (χ1v) is 11.8. The smallest absolute Gasteiger partial charge is 0.244 e. The topological polar surface area (TPSA) is 110 Å². The van der Waals surface area contributed by atoms with Crippen LogP contribution in [0.5, 0.6) is 5.88 Å². The summed E-state index contributed by atoms with van der Waals surface area (Å²) in [6.07, 6.45) is 8.40. The zero-order valence-corrected chi connectivity index (χ0v) is 19.7. The molecule has 1 saturated heterocycles. The molecule has 10 nitrogen and oxygen atoms in total. The first kappa shape index (κ1) is 22.2. The third kappa shape index (κ3) is 3.70. The number of pyridine rings is 1. The van der Waals surface area contributed by atoms with Crippen molar-refractivity contribution in [2.24, 2.45) is 5.41 Å². The van der Waals surface area contributed by atoms with Gasteiger partial charge in [0.25, 0.3) is 0 Å². The minimum atomic E-state index is -0.983. The lowest BCUT2D eigenvalue weighted by Gasteiger charge is -2.46. The van der Waals surface area contributed by atoms with E-state index in [4.69, 9.17) is 9.47 Å². The van der Waals surface area contributed by atoms with E-state index in [9.17, 15) is 9.50 Å². The molecule has 184 valence electrons. The zero-order chi connectivity index (χ0) is 24.2. The average Bonchev–Trinajstić information content (AvgIpc) is 3.47. The van der Waals surface area contributed by atoms with Gasteiger partial charge in [0.2, 0.25) is 11.8 Å². The minimum Gasteiger partial charge on any atom is -0.479 e. The highest BCUT2D eigenvalue weighted by Crippen LogP contribution is 2.42. The summed E-state index contributed by atoms with van der Waals surface area (Å²) in [7, 11) is 3.18. The number of hydrogen-bond acceptors (Lipinski definition) is 8. The van der Waals surface area contributed by atoms with Crippen LogP contribution in [0.2, 0.25) is 0 Å². The average molecular weight is 482 g/mol. The molecule has 0 amide bonds. The summed E-state index contributed by atoms with van der Waals surface area (Å²) in [6, 6.07) is 3.57. The van der Waals surface area contributed by atoms with Gasteiger partial charge in [0.1, 0.15) is 11.7 Å². The van der Waals surface area contributed by atoms with E-state index in [0.717, 1.165) is 38.9 Å². The molecule has 5 heterocycles. The van der Waals surface area contributed by atoms with Crippen molar-refractivity contribution in [3.8, 4) is 17.0 Å². The quantitative estimate of drug-likeness (QED) is 0.361. The highest BCUT2D eigenvalue weighted by molar-refractivity contribution is 5.84. The first-order chi connectivity index (χ1) is 17.0. The third-order valence-corrected chi connectivity index (χ3v) is 7.32. The largest absolute Gasteiger partial charge is 0.479 e. The van der Waals surface area contributed by atoms with E-state index in [2.05, 4.69) is 25.7 Å². The fourth-order valence-electron chi connectivity index (χ4n) is 5.23. The molecule has 0 bridgehead atoms. The van der Waals surface area contributed by atoms with Crippen LogP contribution in [-0.4, -0.2) is 62.5 Å². The molecule has 6 rings (SSSR count). The molecule has 1 aliphatic carbocycles. The van der Waals surface area contributed by atoms with Crippen molar-refractivity contribution in [1.29, 1.82) is 0 Å². The molecule has 4 aromatic heterocycles. The lowest BCUT2D eigenvalue weighted by molar-refractivity contribution is -0.131. The van der Waals surface area contributed by atoms with Crippen molar-refractivity contribution < 1.29 is 19.0 Å². The number of aliphatic hydroxyl groups excluding tert-OH is 1. The number of anilines is 1. The van der Waals surface area contributed by atoms with Crippen molar-refractivity contribution in [2.45, 2.75) is 38.0 Å². The number of aromatic nitrogens is 5. The Balaban J connectivity index is 1.34. The van der Waals surface area contributed by atoms with Gasteiger partial charge in [-0.05, 0) is 44.9 Å². The van der Waals surface area contributed by atoms with Crippen molar-refractivity contribution in [3.63, 3.8) is 0 Å². The van der Waals surface area contributed by atoms with Gasteiger partial charge in [0.15, 0.2) is 11.5 Å². The monoisotopic (exact) mass is 481 g/mol. The molecule has 1 atom stereocenters. The summed E-state index contributed by atoms with van der Waals surface area (Å²) in [5, 5.41) is 21.1. The molecule has 1 aliphatic heterocycles. The van der Waals surface area contributed by atoms with E-state index in [1.165, 1.54) is 12.3 Å². The van der Waals surface area contributed by atoms with Crippen LogP contribution in [0.3, 0.4) is 0 Å². The fraction of sp³-hybridized carbons (Fsp3) is 0.458. The number of halogens is 1. The number of nitrogens with one attached hydrogen (secondary N) is 2. The van der Waals surface area contributed by atoms with E-state index < -0.39 is 12.0 Å². The Labute approximate surface area is 201 Å². The summed E-state index contributed by atoms with van der Waals surface area (Å²) >= 11 is 0. The SMILES string of the molecule is CNC(O)c1cnc2c(F)cc(-c3ccn4nc(NC5CCC6(CC5)COC6)nc(OC)c34)cn12. The van der Waals surface area contributed by atoms with Crippen LogP contribution in [0.25, 0.3) is 22.3 Å². The van der Waals surface area contributed by atoms with E-state index in [1.807, 2.05) is 6.07 Å². The standard InChI is InChI=1S/C24H28FN7O3/c1-26-21(33)18-10-27-20-17(25)9-14(11-31(18)20)16-5-8-32-19(16)22(34-2)29-23(30-32)28-15-3-6-24(7-4-15)12-35-13-24/h5,8-11,15,21,26,33H,3-4,6-7,12-13H2,1-2H3,(H,28,30). The summed E-state index contributed by atoms with van der Waals surface area (Å²) in [5.74, 6) is 0.392. The summed E-state index contributed by atoms with van der Waals surface area (Å²) in [5.41, 5.74) is 2.87. The maximum atomic E-state index is 14.9. The van der Waals surface area contributed by atoms with Crippen LogP contribution in [-0.2, 0) is 4.74 Å². The Kier molecular flexibility index (Phi) is 5.35. The van der Waals surface area contributed by atoms with Gasteiger partial charge < -0.3 is 19.9 Å². The Morgan fingerprint density at radius 1 is 1.31 bits per heavy atom. The van der Waals surface area contributed by atoms with Crippen LogP contribution in [0.15, 0.2) is 30.7 Å². The van der Waals surface area contributed by atoms with E-state index >= 15 is 0 Å². The Morgan fingerprint density at radius 2 is 2.11 bits per heavy atom. The highest BCUT2D eigenvalue weighted by Gasteiger charge is 2.41. The number of hydrogen-bond donors (Lipinski definition) is 3. The second-order valence-corrected chi connectivity index (χ2v) is 9.52. The molecule has 11 heteroatoms. The molecule has 1 saturated carbocycles.